The van der Waals surface area contributed by atoms with E-state index in [2.05, 4.69) is 6.92 Å². The molecule has 1 radical (unpaired) electrons. The Morgan fingerprint density at radius 3 is 2.33 bits per heavy atom. The molecule has 3 heteroatoms. The van der Waals surface area contributed by atoms with Crippen molar-refractivity contribution in [2.75, 3.05) is 0 Å². The van der Waals surface area contributed by atoms with Crippen molar-refractivity contribution in [3.63, 3.8) is 0 Å². The van der Waals surface area contributed by atoms with Crippen LogP contribution in [0.2, 0.25) is 0 Å². The van der Waals surface area contributed by atoms with Gasteiger partial charge in [0.1, 0.15) is 0 Å². The molecule has 0 unspecified atom stereocenters. The smallest absolute Gasteiger partial charge is 0.0866 e. The first kappa shape index (κ1) is 11.6. The molecule has 12 heavy (non-hydrogen) atoms. The van der Waals surface area contributed by atoms with Gasteiger partial charge in [-0.2, -0.15) is 0 Å². The third-order valence-electron chi connectivity index (χ3n) is 1.52. The van der Waals surface area contributed by atoms with Crippen LogP contribution in [0.1, 0.15) is 12.5 Å². The molecule has 0 aliphatic heterocycles. The van der Waals surface area contributed by atoms with E-state index in [-0.39, 0.29) is 20.4 Å². The van der Waals surface area contributed by atoms with E-state index in [4.69, 9.17) is 9.84 Å². The summed E-state index contributed by atoms with van der Waals surface area (Å²) in [6.45, 7) is 2.77. The summed E-state index contributed by atoms with van der Waals surface area (Å²) in [4.78, 5) is 0. The van der Waals surface area contributed by atoms with Gasteiger partial charge in [-0.05, 0) is 30.9 Å². The summed E-state index contributed by atoms with van der Waals surface area (Å²) in [7, 11) is 0. The molecular formula is C9H11O2Re-. The van der Waals surface area contributed by atoms with E-state index >= 15 is 0 Å². The van der Waals surface area contributed by atoms with Gasteiger partial charge in [0.25, 0.3) is 0 Å². The van der Waals surface area contributed by atoms with Crippen LogP contribution < -0.4 is 4.74 Å². The van der Waals surface area contributed by atoms with Crippen LogP contribution in [0.15, 0.2) is 24.3 Å². The zero-order chi connectivity index (χ0) is 8.10. The Morgan fingerprint density at radius 1 is 1.33 bits per heavy atom. The van der Waals surface area contributed by atoms with Crippen LogP contribution in [0.3, 0.4) is 0 Å². The second kappa shape index (κ2) is 6.19. The maximum Gasteiger partial charge on any atom is 0.0866 e. The van der Waals surface area contributed by atoms with Crippen molar-refractivity contribution in [2.24, 2.45) is 0 Å². The predicted molar refractivity (Wildman–Crippen MR) is 42.7 cm³/mol. The quantitative estimate of drug-likeness (QED) is 0.856. The molecule has 1 aromatic carbocycles. The fourth-order valence-electron chi connectivity index (χ4n) is 0.865. The largest absolute Gasteiger partial charge is 0.635 e. The maximum absolute atomic E-state index is 8.30. The Morgan fingerprint density at radius 2 is 1.92 bits per heavy atom. The Balaban J connectivity index is 0.00000121. The van der Waals surface area contributed by atoms with Crippen molar-refractivity contribution in [1.29, 1.82) is 0 Å². The van der Waals surface area contributed by atoms with E-state index < -0.39 is 0 Å². The number of aryl methyl sites for hydroxylation is 1. The van der Waals surface area contributed by atoms with E-state index in [1.165, 1.54) is 5.56 Å². The van der Waals surface area contributed by atoms with Crippen LogP contribution in [-0.4, -0.2) is 5.11 Å². The Hall–Kier alpha value is -0.358. The average molecular weight is 337 g/mol. The normalized spacial score (nSPS) is 8.83. The van der Waals surface area contributed by atoms with Crippen LogP contribution in [-0.2, 0) is 26.8 Å². The van der Waals surface area contributed by atoms with Gasteiger partial charge >= 0.3 is 0 Å². The van der Waals surface area contributed by atoms with Crippen molar-refractivity contribution in [3.8, 4) is 5.75 Å². The Labute approximate surface area is 86.2 Å². The van der Waals surface area contributed by atoms with Gasteiger partial charge in [-0.15, -0.1) is 0 Å². The second-order valence-electron chi connectivity index (χ2n) is 2.22. The van der Waals surface area contributed by atoms with Gasteiger partial charge in [0, 0.05) is 20.4 Å². The molecule has 1 N–H and O–H groups in total. The van der Waals surface area contributed by atoms with Crippen LogP contribution in [0.25, 0.3) is 0 Å². The Bertz CT molecular complexity index is 208. The third-order valence-corrected chi connectivity index (χ3v) is 1.52. The number of aliphatic hydroxyl groups is 1. The van der Waals surface area contributed by atoms with Crippen molar-refractivity contribution in [3.05, 3.63) is 36.6 Å². The van der Waals surface area contributed by atoms with Crippen molar-refractivity contribution < 1.29 is 30.3 Å². The standard InChI is InChI=1S/C9H11O2.Re/c1-2-8-3-5-9(6-4-8)11-7-10;/h3-7,10H,2H2,1H3;/q-1;. The summed E-state index contributed by atoms with van der Waals surface area (Å²) in [6.07, 6.45) is 1.02. The molecule has 0 amide bonds. The minimum atomic E-state index is 0. The molecule has 0 saturated heterocycles. The van der Waals surface area contributed by atoms with E-state index in [0.717, 1.165) is 6.42 Å². The van der Waals surface area contributed by atoms with Gasteiger partial charge in [0.05, 0.1) is 5.75 Å². The van der Waals surface area contributed by atoms with Crippen LogP contribution in [0.4, 0.5) is 0 Å². The molecule has 0 fully saturated rings. The second-order valence-corrected chi connectivity index (χ2v) is 2.22. The van der Waals surface area contributed by atoms with E-state index in [1.807, 2.05) is 24.3 Å². The molecule has 2 nitrogen and oxygen atoms in total. The van der Waals surface area contributed by atoms with E-state index in [0.29, 0.717) is 12.5 Å². The number of benzene rings is 1. The molecule has 0 aliphatic rings. The molecule has 67 valence electrons. The Kier molecular flexibility index (Phi) is 6.01. The number of rotatable bonds is 3. The summed E-state index contributed by atoms with van der Waals surface area (Å²) in [5.41, 5.74) is 1.26. The summed E-state index contributed by atoms with van der Waals surface area (Å²) in [5, 5.41) is 8.30. The topological polar surface area (TPSA) is 29.5 Å². The average Bonchev–Trinajstić information content (AvgIpc) is 2.07. The zero-order valence-electron chi connectivity index (χ0n) is 6.83. The molecule has 0 atom stereocenters. The van der Waals surface area contributed by atoms with Gasteiger partial charge in [0.2, 0.25) is 0 Å². The molecule has 1 aromatic rings. The van der Waals surface area contributed by atoms with Crippen molar-refractivity contribution in [1.82, 2.24) is 0 Å². The van der Waals surface area contributed by atoms with Crippen LogP contribution >= 0.6 is 0 Å². The zero-order valence-corrected chi connectivity index (χ0v) is 9.54. The molecule has 0 spiro atoms. The monoisotopic (exact) mass is 338 g/mol. The molecule has 0 aromatic heterocycles. The van der Waals surface area contributed by atoms with Gasteiger partial charge in [-0.3, -0.25) is 0 Å². The van der Waals surface area contributed by atoms with Gasteiger partial charge in [0.15, 0.2) is 0 Å². The van der Waals surface area contributed by atoms with Crippen molar-refractivity contribution in [2.45, 2.75) is 13.3 Å². The van der Waals surface area contributed by atoms with Crippen LogP contribution in [0, 0.1) is 6.79 Å². The van der Waals surface area contributed by atoms with Gasteiger partial charge in [-0.1, -0.05) is 19.1 Å². The number of hydrogen-bond donors (Lipinski definition) is 1. The maximum atomic E-state index is 8.30. The summed E-state index contributed by atoms with van der Waals surface area (Å²) in [6, 6.07) is 7.59. The van der Waals surface area contributed by atoms with Crippen molar-refractivity contribution >= 4 is 0 Å². The van der Waals surface area contributed by atoms with Gasteiger partial charge in [-0.25, -0.2) is 0 Å². The number of ether oxygens (including phenoxy) is 1. The summed E-state index contributed by atoms with van der Waals surface area (Å²) >= 11 is 0. The first-order chi connectivity index (χ1) is 5.36. The fourth-order valence-corrected chi connectivity index (χ4v) is 0.865. The minimum absolute atomic E-state index is 0. The van der Waals surface area contributed by atoms with Gasteiger partial charge < -0.3 is 9.84 Å². The number of aliphatic hydroxyl groups excluding tert-OH is 1. The molecular weight excluding hydrogens is 326 g/mol. The molecule has 0 aliphatic carbocycles. The summed E-state index contributed by atoms with van der Waals surface area (Å²) in [5.74, 6) is 0.657. The molecule has 0 heterocycles. The third kappa shape index (κ3) is 3.36. The van der Waals surface area contributed by atoms with Crippen LogP contribution in [0.5, 0.6) is 5.75 Å². The number of hydrogen-bond acceptors (Lipinski definition) is 2. The predicted octanol–water partition coefficient (Wildman–Crippen LogP) is 2.12. The molecule has 0 bridgehead atoms. The fraction of sp³-hybridized carbons (Fsp3) is 0.222. The SMILES string of the molecule is CCc1ccc(O[CH-]O)cc1.[Re]. The minimum Gasteiger partial charge on any atom is -0.635 e. The molecule has 1 rings (SSSR count). The van der Waals surface area contributed by atoms with E-state index in [1.54, 1.807) is 0 Å². The first-order valence-corrected chi connectivity index (χ1v) is 3.58. The summed E-state index contributed by atoms with van der Waals surface area (Å²) < 4.78 is 4.74. The van der Waals surface area contributed by atoms with E-state index in [9.17, 15) is 0 Å². The first-order valence-electron chi connectivity index (χ1n) is 3.58. The molecule has 0 saturated carbocycles.